The van der Waals surface area contributed by atoms with Gasteiger partial charge in [0.05, 0.1) is 5.52 Å². The van der Waals surface area contributed by atoms with E-state index in [1.54, 1.807) is 0 Å². The Bertz CT molecular complexity index is 575. The molecule has 5 heteroatoms. The van der Waals surface area contributed by atoms with Crippen molar-refractivity contribution in [2.75, 3.05) is 43.4 Å². The van der Waals surface area contributed by atoms with Gasteiger partial charge in [0.1, 0.15) is 5.82 Å². The van der Waals surface area contributed by atoms with Crippen LogP contribution in [0.2, 0.25) is 0 Å². The van der Waals surface area contributed by atoms with Crippen LogP contribution < -0.4 is 10.6 Å². The smallest absolute Gasteiger partial charge is 0.222 e. The highest BCUT2D eigenvalue weighted by atomic mass is 15.3. The maximum absolute atomic E-state index is 5.83. The third-order valence-corrected chi connectivity index (χ3v) is 3.72. The Balaban J connectivity index is 1.96. The van der Waals surface area contributed by atoms with Crippen LogP contribution in [0.15, 0.2) is 24.3 Å². The Labute approximate surface area is 113 Å². The minimum absolute atomic E-state index is 0.353. The SMILES string of the molecule is CCN1CCN(c2nc(N)nc3ccccc23)CC1. The second kappa shape index (κ2) is 5.01. The van der Waals surface area contributed by atoms with E-state index < -0.39 is 0 Å². The summed E-state index contributed by atoms with van der Waals surface area (Å²) in [5, 5.41) is 1.08. The number of nitrogen functional groups attached to an aromatic ring is 1. The zero-order chi connectivity index (χ0) is 13.2. The lowest BCUT2D eigenvalue weighted by Gasteiger charge is -2.35. The number of aromatic nitrogens is 2. The van der Waals surface area contributed by atoms with Gasteiger partial charge in [-0.25, -0.2) is 4.98 Å². The molecule has 19 heavy (non-hydrogen) atoms. The molecule has 0 spiro atoms. The van der Waals surface area contributed by atoms with Gasteiger partial charge in [0, 0.05) is 31.6 Å². The Morgan fingerprint density at radius 2 is 1.84 bits per heavy atom. The topological polar surface area (TPSA) is 58.3 Å². The quantitative estimate of drug-likeness (QED) is 0.880. The molecule has 100 valence electrons. The van der Waals surface area contributed by atoms with Crippen molar-refractivity contribution in [1.82, 2.24) is 14.9 Å². The van der Waals surface area contributed by atoms with Gasteiger partial charge in [-0.15, -0.1) is 0 Å². The fourth-order valence-electron chi connectivity index (χ4n) is 2.59. The second-order valence-electron chi connectivity index (χ2n) is 4.84. The highest BCUT2D eigenvalue weighted by Gasteiger charge is 2.19. The Morgan fingerprint density at radius 3 is 2.58 bits per heavy atom. The van der Waals surface area contributed by atoms with Crippen LogP contribution in [0, 0.1) is 0 Å². The van der Waals surface area contributed by atoms with E-state index in [0.29, 0.717) is 5.95 Å². The number of hydrogen-bond acceptors (Lipinski definition) is 5. The Morgan fingerprint density at radius 1 is 1.11 bits per heavy atom. The molecule has 0 atom stereocenters. The fraction of sp³-hybridized carbons (Fsp3) is 0.429. The summed E-state index contributed by atoms with van der Waals surface area (Å²) in [6.45, 7) is 7.46. The average molecular weight is 257 g/mol. The first kappa shape index (κ1) is 12.2. The number of benzene rings is 1. The summed E-state index contributed by atoms with van der Waals surface area (Å²) in [6, 6.07) is 8.05. The van der Waals surface area contributed by atoms with E-state index in [0.717, 1.165) is 49.4 Å². The molecule has 2 aromatic rings. The molecule has 0 aliphatic carbocycles. The van der Waals surface area contributed by atoms with E-state index in [9.17, 15) is 0 Å². The highest BCUT2D eigenvalue weighted by molar-refractivity contribution is 5.90. The fourth-order valence-corrected chi connectivity index (χ4v) is 2.59. The van der Waals surface area contributed by atoms with Crippen LogP contribution in [0.1, 0.15) is 6.92 Å². The summed E-state index contributed by atoms with van der Waals surface area (Å²) in [6.07, 6.45) is 0. The zero-order valence-electron chi connectivity index (χ0n) is 11.2. The number of likely N-dealkylation sites (N-methyl/N-ethyl adjacent to an activating group) is 1. The van der Waals surface area contributed by atoms with E-state index in [4.69, 9.17) is 5.73 Å². The molecule has 3 rings (SSSR count). The van der Waals surface area contributed by atoms with Gasteiger partial charge < -0.3 is 15.5 Å². The molecule has 5 nitrogen and oxygen atoms in total. The largest absolute Gasteiger partial charge is 0.368 e. The van der Waals surface area contributed by atoms with Gasteiger partial charge in [-0.05, 0) is 18.7 Å². The van der Waals surface area contributed by atoms with Crippen LogP contribution in [0.3, 0.4) is 0 Å². The number of piperazine rings is 1. The number of hydrogen-bond donors (Lipinski definition) is 1. The first-order chi connectivity index (χ1) is 9.28. The number of rotatable bonds is 2. The van der Waals surface area contributed by atoms with Crippen molar-refractivity contribution in [3.8, 4) is 0 Å². The third-order valence-electron chi connectivity index (χ3n) is 3.72. The lowest BCUT2D eigenvalue weighted by molar-refractivity contribution is 0.271. The molecule has 1 aliphatic heterocycles. The lowest BCUT2D eigenvalue weighted by Crippen LogP contribution is -2.46. The van der Waals surface area contributed by atoms with Crippen LogP contribution in [0.4, 0.5) is 11.8 Å². The van der Waals surface area contributed by atoms with Crippen molar-refractivity contribution in [2.24, 2.45) is 0 Å². The summed E-state index contributed by atoms with van der Waals surface area (Å²) >= 11 is 0. The van der Waals surface area contributed by atoms with Gasteiger partial charge in [-0.1, -0.05) is 19.1 Å². The van der Waals surface area contributed by atoms with Crippen LogP contribution in [0.5, 0.6) is 0 Å². The highest BCUT2D eigenvalue weighted by Crippen LogP contribution is 2.25. The van der Waals surface area contributed by atoms with Gasteiger partial charge in [0.2, 0.25) is 5.95 Å². The van der Waals surface area contributed by atoms with Crippen molar-refractivity contribution < 1.29 is 0 Å². The number of fused-ring (bicyclic) bond motifs is 1. The van der Waals surface area contributed by atoms with Crippen molar-refractivity contribution in [2.45, 2.75) is 6.92 Å². The number of para-hydroxylation sites is 1. The molecule has 1 fully saturated rings. The number of nitrogens with zero attached hydrogens (tertiary/aromatic N) is 4. The molecule has 0 amide bonds. The number of anilines is 2. The van der Waals surface area contributed by atoms with E-state index in [2.05, 4.69) is 32.8 Å². The van der Waals surface area contributed by atoms with Gasteiger partial charge >= 0.3 is 0 Å². The Hall–Kier alpha value is -1.88. The normalized spacial score (nSPS) is 17.0. The van der Waals surface area contributed by atoms with Gasteiger partial charge in [0.25, 0.3) is 0 Å². The first-order valence-corrected chi connectivity index (χ1v) is 6.77. The van der Waals surface area contributed by atoms with Gasteiger partial charge in [-0.3, -0.25) is 0 Å². The molecule has 1 saturated heterocycles. The second-order valence-corrected chi connectivity index (χ2v) is 4.84. The van der Waals surface area contributed by atoms with Gasteiger partial charge in [-0.2, -0.15) is 4.98 Å². The lowest BCUT2D eigenvalue weighted by atomic mass is 10.2. The van der Waals surface area contributed by atoms with Crippen LogP contribution in [-0.4, -0.2) is 47.6 Å². The van der Waals surface area contributed by atoms with Crippen molar-refractivity contribution >= 4 is 22.7 Å². The van der Waals surface area contributed by atoms with Crippen molar-refractivity contribution in [3.63, 3.8) is 0 Å². The molecule has 2 N–H and O–H groups in total. The summed E-state index contributed by atoms with van der Waals surface area (Å²) in [4.78, 5) is 13.5. The predicted octanol–water partition coefficient (Wildman–Crippen LogP) is 1.35. The summed E-state index contributed by atoms with van der Waals surface area (Å²) < 4.78 is 0. The molecule has 0 radical (unpaired) electrons. The van der Waals surface area contributed by atoms with E-state index >= 15 is 0 Å². The molecule has 0 bridgehead atoms. The summed E-state index contributed by atoms with van der Waals surface area (Å²) in [7, 11) is 0. The number of nitrogens with two attached hydrogens (primary N) is 1. The molecular weight excluding hydrogens is 238 g/mol. The molecular formula is C14H19N5. The predicted molar refractivity (Wildman–Crippen MR) is 78.3 cm³/mol. The molecule has 1 aromatic carbocycles. The van der Waals surface area contributed by atoms with Crippen LogP contribution in [-0.2, 0) is 0 Å². The molecule has 2 heterocycles. The van der Waals surface area contributed by atoms with Crippen LogP contribution >= 0.6 is 0 Å². The molecule has 0 saturated carbocycles. The third kappa shape index (κ3) is 2.33. The average Bonchev–Trinajstić information content (AvgIpc) is 2.46. The first-order valence-electron chi connectivity index (χ1n) is 6.77. The molecule has 1 aliphatic rings. The Kier molecular flexibility index (Phi) is 3.21. The van der Waals surface area contributed by atoms with E-state index in [1.165, 1.54) is 0 Å². The maximum Gasteiger partial charge on any atom is 0.222 e. The maximum atomic E-state index is 5.83. The van der Waals surface area contributed by atoms with Gasteiger partial charge in [0.15, 0.2) is 0 Å². The van der Waals surface area contributed by atoms with E-state index in [-0.39, 0.29) is 0 Å². The molecule has 1 aromatic heterocycles. The minimum atomic E-state index is 0.353. The minimum Gasteiger partial charge on any atom is -0.368 e. The monoisotopic (exact) mass is 257 g/mol. The molecule has 0 unspecified atom stereocenters. The standard InChI is InChI=1S/C14H19N5/c1-2-18-7-9-19(10-8-18)13-11-5-3-4-6-12(11)16-14(15)17-13/h3-6H,2,7-10H2,1H3,(H2,15,16,17). The zero-order valence-corrected chi connectivity index (χ0v) is 11.2. The summed E-state index contributed by atoms with van der Waals surface area (Å²) in [5.41, 5.74) is 6.74. The van der Waals surface area contributed by atoms with E-state index in [1.807, 2.05) is 18.2 Å². The van der Waals surface area contributed by atoms with Crippen molar-refractivity contribution in [1.29, 1.82) is 0 Å². The van der Waals surface area contributed by atoms with Crippen molar-refractivity contribution in [3.05, 3.63) is 24.3 Å². The summed E-state index contributed by atoms with van der Waals surface area (Å²) in [5.74, 6) is 1.32. The van der Waals surface area contributed by atoms with Crippen LogP contribution in [0.25, 0.3) is 10.9 Å².